The SMILES string of the molecule is CCCCCCCCCCCC(=O)O[C@H]1CCCC[C@H]1c1cccc2ccccc12. The van der Waals surface area contributed by atoms with E-state index in [9.17, 15) is 4.79 Å². The second-order valence-electron chi connectivity index (χ2n) is 9.07. The van der Waals surface area contributed by atoms with Crippen LogP contribution in [0.1, 0.15) is 108 Å². The number of carbonyl (C=O) groups excluding carboxylic acids is 1. The van der Waals surface area contributed by atoms with Gasteiger partial charge in [-0.15, -0.1) is 0 Å². The maximum absolute atomic E-state index is 12.5. The third kappa shape index (κ3) is 6.86. The van der Waals surface area contributed by atoms with E-state index in [2.05, 4.69) is 49.4 Å². The van der Waals surface area contributed by atoms with Gasteiger partial charge in [0, 0.05) is 12.3 Å². The van der Waals surface area contributed by atoms with E-state index in [0.717, 1.165) is 32.1 Å². The van der Waals surface area contributed by atoms with Gasteiger partial charge in [0.25, 0.3) is 0 Å². The van der Waals surface area contributed by atoms with Crippen molar-refractivity contribution in [3.05, 3.63) is 48.0 Å². The van der Waals surface area contributed by atoms with Crippen LogP contribution in [0.15, 0.2) is 42.5 Å². The number of ether oxygens (including phenoxy) is 1. The van der Waals surface area contributed by atoms with Crippen LogP contribution < -0.4 is 0 Å². The molecule has 0 saturated heterocycles. The molecule has 1 aliphatic carbocycles. The summed E-state index contributed by atoms with van der Waals surface area (Å²) in [6.07, 6.45) is 16.6. The zero-order chi connectivity index (χ0) is 21.0. The van der Waals surface area contributed by atoms with Crippen LogP contribution in [0, 0.1) is 0 Å². The highest BCUT2D eigenvalue weighted by atomic mass is 16.5. The first-order valence-corrected chi connectivity index (χ1v) is 12.5. The average molecular weight is 409 g/mol. The number of hydrogen-bond donors (Lipinski definition) is 0. The fraction of sp³-hybridized carbons (Fsp3) is 0.607. The van der Waals surface area contributed by atoms with Crippen LogP contribution in [0.3, 0.4) is 0 Å². The van der Waals surface area contributed by atoms with E-state index in [0.29, 0.717) is 12.3 Å². The predicted molar refractivity (Wildman–Crippen MR) is 127 cm³/mol. The Labute approximate surface area is 183 Å². The minimum atomic E-state index is 0.00934. The van der Waals surface area contributed by atoms with Gasteiger partial charge in [0.2, 0.25) is 0 Å². The Balaban J connectivity index is 1.45. The van der Waals surface area contributed by atoms with Crippen LogP contribution >= 0.6 is 0 Å². The lowest BCUT2D eigenvalue weighted by molar-refractivity contribution is -0.151. The lowest BCUT2D eigenvalue weighted by atomic mass is 9.80. The number of esters is 1. The zero-order valence-corrected chi connectivity index (χ0v) is 18.9. The van der Waals surface area contributed by atoms with Crippen LogP contribution in [0.25, 0.3) is 10.8 Å². The molecule has 1 fully saturated rings. The molecule has 0 radical (unpaired) electrons. The van der Waals surface area contributed by atoms with Crippen LogP contribution in [-0.4, -0.2) is 12.1 Å². The van der Waals surface area contributed by atoms with Gasteiger partial charge in [-0.25, -0.2) is 0 Å². The quantitative estimate of drug-likeness (QED) is 0.260. The molecule has 1 aliphatic rings. The smallest absolute Gasteiger partial charge is 0.306 e. The normalized spacial score (nSPS) is 19.1. The van der Waals surface area contributed by atoms with E-state index in [-0.39, 0.29) is 12.1 Å². The summed E-state index contributed by atoms with van der Waals surface area (Å²) in [5.41, 5.74) is 1.36. The molecule has 0 N–H and O–H groups in total. The fourth-order valence-corrected chi connectivity index (χ4v) is 4.98. The van der Waals surface area contributed by atoms with Crippen molar-refractivity contribution in [2.45, 2.75) is 109 Å². The van der Waals surface area contributed by atoms with Gasteiger partial charge < -0.3 is 4.74 Å². The average Bonchev–Trinajstić information content (AvgIpc) is 2.78. The predicted octanol–water partition coefficient (Wildman–Crippen LogP) is 8.33. The van der Waals surface area contributed by atoms with Gasteiger partial charge in [-0.3, -0.25) is 4.79 Å². The number of rotatable bonds is 12. The molecule has 2 heteroatoms. The van der Waals surface area contributed by atoms with Crippen molar-refractivity contribution in [3.63, 3.8) is 0 Å². The number of hydrogen-bond acceptors (Lipinski definition) is 2. The van der Waals surface area contributed by atoms with Gasteiger partial charge in [0.1, 0.15) is 6.10 Å². The Morgan fingerprint density at radius 3 is 2.30 bits per heavy atom. The van der Waals surface area contributed by atoms with Crippen molar-refractivity contribution in [3.8, 4) is 0 Å². The highest BCUT2D eigenvalue weighted by molar-refractivity contribution is 5.86. The van der Waals surface area contributed by atoms with Crippen molar-refractivity contribution in [2.24, 2.45) is 0 Å². The maximum atomic E-state index is 12.5. The minimum absolute atomic E-state index is 0.00934. The summed E-state index contributed by atoms with van der Waals surface area (Å²) < 4.78 is 6.04. The Morgan fingerprint density at radius 1 is 0.833 bits per heavy atom. The van der Waals surface area contributed by atoms with Crippen LogP contribution in [0.4, 0.5) is 0 Å². The number of unbranched alkanes of at least 4 members (excludes halogenated alkanes) is 8. The van der Waals surface area contributed by atoms with Gasteiger partial charge in [0.15, 0.2) is 0 Å². The van der Waals surface area contributed by atoms with Gasteiger partial charge >= 0.3 is 5.97 Å². The van der Waals surface area contributed by atoms with E-state index in [1.807, 2.05) is 0 Å². The summed E-state index contributed by atoms with van der Waals surface area (Å²) in [5, 5.41) is 2.59. The lowest BCUT2D eigenvalue weighted by Crippen LogP contribution is -2.28. The van der Waals surface area contributed by atoms with Crippen molar-refractivity contribution in [1.29, 1.82) is 0 Å². The Hall–Kier alpha value is -1.83. The molecule has 1 saturated carbocycles. The summed E-state index contributed by atoms with van der Waals surface area (Å²) >= 11 is 0. The molecule has 0 unspecified atom stereocenters. The molecule has 0 spiro atoms. The second-order valence-corrected chi connectivity index (χ2v) is 9.07. The molecular weight excluding hydrogens is 368 g/mol. The standard InChI is InChI=1S/C28H40O2/c1-2-3-4-5-6-7-8-9-10-22-28(29)30-27-21-14-13-19-26(27)25-20-15-17-23-16-11-12-18-24(23)25/h11-12,15-18,20,26-27H,2-10,13-14,19,21-22H2,1H3/t26-,27-/m0/s1. The highest BCUT2D eigenvalue weighted by Crippen LogP contribution is 2.38. The summed E-state index contributed by atoms with van der Waals surface area (Å²) in [6.45, 7) is 2.26. The molecule has 2 nitrogen and oxygen atoms in total. The molecule has 164 valence electrons. The van der Waals surface area contributed by atoms with Crippen molar-refractivity contribution in [2.75, 3.05) is 0 Å². The van der Waals surface area contributed by atoms with Gasteiger partial charge in [-0.2, -0.15) is 0 Å². The van der Waals surface area contributed by atoms with Gasteiger partial charge in [-0.05, 0) is 42.0 Å². The molecule has 0 aromatic heterocycles. The molecule has 2 aromatic carbocycles. The maximum Gasteiger partial charge on any atom is 0.306 e. The van der Waals surface area contributed by atoms with E-state index in [4.69, 9.17) is 4.74 Å². The fourth-order valence-electron chi connectivity index (χ4n) is 4.98. The molecule has 30 heavy (non-hydrogen) atoms. The first-order valence-electron chi connectivity index (χ1n) is 12.5. The van der Waals surface area contributed by atoms with Gasteiger partial charge in [-0.1, -0.05) is 107 Å². The first-order chi connectivity index (χ1) is 14.8. The summed E-state index contributed by atoms with van der Waals surface area (Å²) in [4.78, 5) is 12.5. The van der Waals surface area contributed by atoms with Crippen molar-refractivity contribution >= 4 is 16.7 Å². The van der Waals surface area contributed by atoms with Crippen molar-refractivity contribution < 1.29 is 9.53 Å². The third-order valence-corrected chi connectivity index (χ3v) is 6.69. The second kappa shape index (κ2) is 12.8. The molecule has 0 aliphatic heterocycles. The molecule has 0 bridgehead atoms. The number of benzene rings is 2. The van der Waals surface area contributed by atoms with Gasteiger partial charge in [0.05, 0.1) is 0 Å². The molecule has 0 amide bonds. The van der Waals surface area contributed by atoms with E-state index in [1.165, 1.54) is 67.7 Å². The molecule has 2 atom stereocenters. The van der Waals surface area contributed by atoms with E-state index in [1.54, 1.807) is 0 Å². The number of carbonyl (C=O) groups is 1. The Morgan fingerprint density at radius 2 is 1.50 bits per heavy atom. The largest absolute Gasteiger partial charge is 0.462 e. The van der Waals surface area contributed by atoms with Crippen LogP contribution in [-0.2, 0) is 9.53 Å². The number of fused-ring (bicyclic) bond motifs is 1. The molecule has 3 rings (SSSR count). The summed E-state index contributed by atoms with van der Waals surface area (Å²) in [7, 11) is 0. The Kier molecular flexibility index (Phi) is 9.73. The Bertz CT molecular complexity index is 761. The van der Waals surface area contributed by atoms with Crippen LogP contribution in [0.2, 0.25) is 0 Å². The topological polar surface area (TPSA) is 26.3 Å². The summed E-state index contributed by atoms with van der Waals surface area (Å²) in [5.74, 6) is 0.340. The monoisotopic (exact) mass is 408 g/mol. The molecule has 0 heterocycles. The highest BCUT2D eigenvalue weighted by Gasteiger charge is 2.30. The lowest BCUT2D eigenvalue weighted by Gasteiger charge is -2.32. The van der Waals surface area contributed by atoms with E-state index < -0.39 is 0 Å². The third-order valence-electron chi connectivity index (χ3n) is 6.69. The van der Waals surface area contributed by atoms with E-state index >= 15 is 0 Å². The molecular formula is C28H40O2. The summed E-state index contributed by atoms with van der Waals surface area (Å²) in [6, 6.07) is 15.1. The first kappa shape index (κ1) is 22.8. The minimum Gasteiger partial charge on any atom is -0.462 e. The zero-order valence-electron chi connectivity index (χ0n) is 18.9. The van der Waals surface area contributed by atoms with Crippen LogP contribution in [0.5, 0.6) is 0 Å². The molecule has 2 aromatic rings. The van der Waals surface area contributed by atoms with Crippen molar-refractivity contribution in [1.82, 2.24) is 0 Å².